The molecule has 2 heterocycles. The van der Waals surface area contributed by atoms with Crippen LogP contribution in [0.4, 0.5) is 11.5 Å². The number of aromatic nitrogens is 1. The van der Waals surface area contributed by atoms with Crippen molar-refractivity contribution in [2.24, 2.45) is 0 Å². The minimum atomic E-state index is -0.441. The van der Waals surface area contributed by atoms with Gasteiger partial charge in [-0.1, -0.05) is 0 Å². The molecule has 7 nitrogen and oxygen atoms in total. The van der Waals surface area contributed by atoms with Gasteiger partial charge in [-0.15, -0.1) is 0 Å². The molecule has 116 valence electrons. The summed E-state index contributed by atoms with van der Waals surface area (Å²) in [7, 11) is 2.09. The number of anilines is 1. The number of benzene rings is 1. The molecule has 1 aromatic carbocycles. The first kappa shape index (κ1) is 14.9. The van der Waals surface area contributed by atoms with Gasteiger partial charge in [0, 0.05) is 29.7 Å². The molecule has 0 spiro atoms. The summed E-state index contributed by atoms with van der Waals surface area (Å²) in [5, 5.41) is 20.3. The van der Waals surface area contributed by atoms with Gasteiger partial charge in [0.05, 0.1) is 24.2 Å². The fraction of sp³-hybridized carbons (Fsp3) is 0.250. The van der Waals surface area contributed by atoms with Crippen LogP contribution < -0.4 is 10.6 Å². The van der Waals surface area contributed by atoms with Crippen molar-refractivity contribution in [1.29, 1.82) is 5.26 Å². The summed E-state index contributed by atoms with van der Waals surface area (Å²) >= 11 is 0. The molecule has 23 heavy (non-hydrogen) atoms. The molecule has 0 bridgehead atoms. The molecule has 1 atom stereocenters. The molecular weight excluding hydrogens is 294 g/mol. The van der Waals surface area contributed by atoms with Crippen LogP contribution in [0, 0.1) is 21.4 Å². The number of pyridine rings is 1. The molecule has 7 heteroatoms. The fourth-order valence-corrected chi connectivity index (χ4v) is 2.99. The van der Waals surface area contributed by atoms with Crippen LogP contribution in [0.1, 0.15) is 16.8 Å². The van der Waals surface area contributed by atoms with Crippen LogP contribution >= 0.6 is 0 Å². The Morgan fingerprint density at radius 1 is 1.39 bits per heavy atom. The van der Waals surface area contributed by atoms with E-state index in [-0.39, 0.29) is 11.5 Å². The lowest BCUT2D eigenvalue weighted by molar-refractivity contribution is -0.895. The van der Waals surface area contributed by atoms with Crippen molar-refractivity contribution in [3.05, 3.63) is 51.2 Å². The van der Waals surface area contributed by atoms with Crippen molar-refractivity contribution in [2.75, 3.05) is 19.3 Å². The van der Waals surface area contributed by atoms with E-state index in [9.17, 15) is 15.4 Å². The van der Waals surface area contributed by atoms with E-state index < -0.39 is 4.92 Å². The first-order valence-electron chi connectivity index (χ1n) is 7.28. The number of nitrogen functional groups attached to an aromatic ring is 1. The Morgan fingerprint density at radius 3 is 2.70 bits per heavy atom. The number of likely N-dealkylation sites (N-methyl/N-ethyl adjacent to an activating group) is 1. The van der Waals surface area contributed by atoms with Gasteiger partial charge in [-0.3, -0.25) is 10.1 Å². The predicted molar refractivity (Wildman–Crippen MR) is 84.6 cm³/mol. The molecule has 0 aliphatic carbocycles. The van der Waals surface area contributed by atoms with Crippen LogP contribution in [-0.4, -0.2) is 23.5 Å². The predicted octanol–water partition coefficient (Wildman–Crippen LogP) is 0.681. The largest absolute Gasteiger partial charge is 0.383 e. The van der Waals surface area contributed by atoms with Crippen LogP contribution in [0.2, 0.25) is 0 Å². The average Bonchev–Trinajstić information content (AvgIpc) is 2.54. The third kappa shape index (κ3) is 2.60. The monoisotopic (exact) mass is 310 g/mol. The summed E-state index contributed by atoms with van der Waals surface area (Å²) in [5.41, 5.74) is 9.75. The van der Waals surface area contributed by atoms with Crippen LogP contribution in [0.5, 0.6) is 0 Å². The minimum absolute atomic E-state index is 0.0193. The number of non-ortho nitro benzene ring substituents is 1. The van der Waals surface area contributed by atoms with Crippen LogP contribution in [-0.2, 0) is 13.0 Å². The molecule has 2 aromatic rings. The van der Waals surface area contributed by atoms with Crippen molar-refractivity contribution >= 4 is 11.5 Å². The number of fused-ring (bicyclic) bond motifs is 1. The van der Waals surface area contributed by atoms with Gasteiger partial charge in [0.2, 0.25) is 0 Å². The van der Waals surface area contributed by atoms with Gasteiger partial charge in [0.1, 0.15) is 24.0 Å². The Morgan fingerprint density at radius 2 is 2.09 bits per heavy atom. The zero-order chi connectivity index (χ0) is 16.6. The number of hydrogen-bond acceptors (Lipinski definition) is 5. The average molecular weight is 310 g/mol. The van der Waals surface area contributed by atoms with E-state index in [1.54, 1.807) is 12.1 Å². The minimum Gasteiger partial charge on any atom is -0.383 e. The summed E-state index contributed by atoms with van der Waals surface area (Å²) in [4.78, 5) is 16.1. The van der Waals surface area contributed by atoms with Crippen molar-refractivity contribution in [3.8, 4) is 17.2 Å². The fourth-order valence-electron chi connectivity index (χ4n) is 2.99. The second kappa shape index (κ2) is 5.66. The lowest BCUT2D eigenvalue weighted by Gasteiger charge is -2.25. The smallest absolute Gasteiger partial charge is 0.269 e. The first-order valence-corrected chi connectivity index (χ1v) is 7.28. The SMILES string of the molecule is C[NH+]1CCc2nc(N)c(C#N)c(-c3ccc([N+](=O)[O-])cc3)c2C1. The topological polar surface area (TPSA) is 110 Å². The Kier molecular flexibility index (Phi) is 3.68. The molecule has 0 amide bonds. The number of nitrogens with one attached hydrogen (secondary N) is 1. The van der Waals surface area contributed by atoms with Crippen molar-refractivity contribution in [3.63, 3.8) is 0 Å². The molecule has 3 N–H and O–H groups in total. The highest BCUT2D eigenvalue weighted by molar-refractivity contribution is 5.79. The highest BCUT2D eigenvalue weighted by Gasteiger charge is 2.26. The zero-order valence-electron chi connectivity index (χ0n) is 12.7. The summed E-state index contributed by atoms with van der Waals surface area (Å²) in [6.07, 6.45) is 0.803. The highest BCUT2D eigenvalue weighted by Crippen LogP contribution is 2.33. The van der Waals surface area contributed by atoms with Gasteiger partial charge in [-0.25, -0.2) is 4.98 Å². The van der Waals surface area contributed by atoms with E-state index in [0.717, 1.165) is 41.9 Å². The Balaban J connectivity index is 2.22. The maximum Gasteiger partial charge on any atom is 0.269 e. The van der Waals surface area contributed by atoms with E-state index in [1.165, 1.54) is 17.0 Å². The maximum absolute atomic E-state index is 10.8. The van der Waals surface area contributed by atoms with Gasteiger partial charge in [0.25, 0.3) is 5.69 Å². The quantitative estimate of drug-likeness (QED) is 0.626. The number of nitro benzene ring substituents is 1. The van der Waals surface area contributed by atoms with Crippen LogP contribution in [0.15, 0.2) is 24.3 Å². The number of quaternary nitrogens is 1. The molecule has 1 aromatic heterocycles. The summed E-state index contributed by atoms with van der Waals surface area (Å²) in [6, 6.07) is 8.35. The van der Waals surface area contributed by atoms with Gasteiger partial charge in [0.15, 0.2) is 0 Å². The summed E-state index contributed by atoms with van der Waals surface area (Å²) in [6.45, 7) is 1.72. The van der Waals surface area contributed by atoms with E-state index >= 15 is 0 Å². The van der Waals surface area contributed by atoms with Crippen molar-refractivity contribution in [2.45, 2.75) is 13.0 Å². The number of nitrogens with zero attached hydrogens (tertiary/aromatic N) is 3. The van der Waals surface area contributed by atoms with Gasteiger partial charge >= 0.3 is 0 Å². The standard InChI is InChI=1S/C16H15N5O2/c1-20-7-6-14-13(9-20)15(12(8-17)16(18)19-14)10-2-4-11(5-3-10)21(22)23/h2-5H,6-7,9H2,1H3,(H2,18,19)/p+1. The van der Waals surface area contributed by atoms with Crippen molar-refractivity contribution in [1.82, 2.24) is 4.98 Å². The second-order valence-corrected chi connectivity index (χ2v) is 5.72. The molecular formula is C16H16N5O2+. The lowest BCUT2D eigenvalue weighted by Crippen LogP contribution is -3.08. The van der Waals surface area contributed by atoms with Crippen LogP contribution in [0.3, 0.4) is 0 Å². The van der Waals surface area contributed by atoms with E-state index in [1.807, 2.05) is 0 Å². The molecule has 0 fully saturated rings. The Hall–Kier alpha value is -2.98. The third-order valence-electron chi connectivity index (χ3n) is 4.16. The third-order valence-corrected chi connectivity index (χ3v) is 4.16. The molecule has 3 rings (SSSR count). The number of rotatable bonds is 2. The normalized spacial score (nSPS) is 16.4. The zero-order valence-corrected chi connectivity index (χ0v) is 12.7. The van der Waals surface area contributed by atoms with Crippen molar-refractivity contribution < 1.29 is 9.82 Å². The Bertz CT molecular complexity index is 824. The lowest BCUT2D eigenvalue weighted by atomic mass is 9.91. The molecule has 0 saturated carbocycles. The summed E-state index contributed by atoms with van der Waals surface area (Å²) in [5.74, 6) is 0.221. The van der Waals surface area contributed by atoms with Crippen LogP contribution in [0.25, 0.3) is 11.1 Å². The number of nitrogens with two attached hydrogens (primary N) is 1. The molecule has 1 aliphatic rings. The molecule has 0 radical (unpaired) electrons. The molecule has 0 saturated heterocycles. The highest BCUT2D eigenvalue weighted by atomic mass is 16.6. The summed E-state index contributed by atoms with van der Waals surface area (Å²) < 4.78 is 0. The number of nitro groups is 1. The molecule has 1 aliphatic heterocycles. The first-order chi connectivity index (χ1) is 11.0. The van der Waals surface area contributed by atoms with E-state index in [2.05, 4.69) is 18.1 Å². The van der Waals surface area contributed by atoms with Gasteiger partial charge in [-0.05, 0) is 17.7 Å². The van der Waals surface area contributed by atoms with Gasteiger partial charge < -0.3 is 10.6 Å². The van der Waals surface area contributed by atoms with E-state index in [0.29, 0.717) is 5.56 Å². The molecule has 1 unspecified atom stereocenters. The second-order valence-electron chi connectivity index (χ2n) is 5.72. The Labute approximate surface area is 133 Å². The van der Waals surface area contributed by atoms with Gasteiger partial charge in [-0.2, -0.15) is 5.26 Å². The maximum atomic E-state index is 10.8. The van der Waals surface area contributed by atoms with E-state index in [4.69, 9.17) is 5.73 Å². The number of nitriles is 1. The number of hydrogen-bond donors (Lipinski definition) is 2.